The maximum absolute atomic E-state index is 11.9. The highest BCUT2D eigenvalue weighted by Gasteiger charge is 2.15. The number of aromatic nitrogens is 1. The number of rotatable bonds is 9. The van der Waals surface area contributed by atoms with Crippen LogP contribution in [-0.2, 0) is 14.3 Å². The number of ether oxygens (including phenoxy) is 1. The summed E-state index contributed by atoms with van der Waals surface area (Å²) in [4.78, 5) is 29.2. The molecule has 0 radical (unpaired) electrons. The summed E-state index contributed by atoms with van der Waals surface area (Å²) < 4.78 is 5.24. The molecule has 0 aliphatic rings. The number of hydrogen-bond donors (Lipinski definition) is 1. The second kappa shape index (κ2) is 9.44. The number of amides is 2. The molecular formula is C13H21N3O3S. The molecule has 1 heterocycles. The minimum Gasteiger partial charge on any atom is -0.382 e. The Morgan fingerprint density at radius 1 is 1.45 bits per heavy atom. The molecule has 20 heavy (non-hydrogen) atoms. The van der Waals surface area contributed by atoms with Crippen LogP contribution in [0.1, 0.15) is 26.7 Å². The lowest BCUT2D eigenvalue weighted by atomic mass is 10.3. The average molecular weight is 299 g/mol. The summed E-state index contributed by atoms with van der Waals surface area (Å²) in [5.41, 5.74) is 0. The van der Waals surface area contributed by atoms with E-state index in [1.54, 1.807) is 23.4 Å². The van der Waals surface area contributed by atoms with Crippen LogP contribution in [-0.4, -0.2) is 48.0 Å². The fourth-order valence-corrected chi connectivity index (χ4v) is 2.18. The Bertz CT molecular complexity index is 409. The summed E-state index contributed by atoms with van der Waals surface area (Å²) in [6, 6.07) is 0. The number of nitrogens with one attached hydrogen (secondary N) is 1. The predicted molar refractivity (Wildman–Crippen MR) is 78.7 cm³/mol. The zero-order valence-corrected chi connectivity index (χ0v) is 12.7. The van der Waals surface area contributed by atoms with Gasteiger partial charge in [0, 0.05) is 37.8 Å². The molecule has 7 heteroatoms. The molecule has 0 fully saturated rings. The zero-order valence-electron chi connectivity index (χ0n) is 11.9. The molecule has 6 nitrogen and oxygen atoms in total. The van der Waals surface area contributed by atoms with E-state index in [1.807, 2.05) is 6.92 Å². The molecule has 0 spiro atoms. The first-order valence-corrected chi connectivity index (χ1v) is 7.60. The topological polar surface area (TPSA) is 71.5 Å². The van der Waals surface area contributed by atoms with Gasteiger partial charge in [0.05, 0.1) is 6.54 Å². The minimum atomic E-state index is -0.224. The lowest BCUT2D eigenvalue weighted by Crippen LogP contribution is -2.38. The van der Waals surface area contributed by atoms with Gasteiger partial charge < -0.3 is 15.0 Å². The van der Waals surface area contributed by atoms with E-state index in [9.17, 15) is 9.59 Å². The molecular weight excluding hydrogens is 278 g/mol. The lowest BCUT2D eigenvalue weighted by Gasteiger charge is -2.21. The predicted octanol–water partition coefficient (Wildman–Crippen LogP) is 1.75. The van der Waals surface area contributed by atoms with Crippen molar-refractivity contribution in [1.29, 1.82) is 0 Å². The molecule has 1 aromatic rings. The van der Waals surface area contributed by atoms with Gasteiger partial charge in [0.15, 0.2) is 5.13 Å². The van der Waals surface area contributed by atoms with Crippen LogP contribution < -0.4 is 5.32 Å². The van der Waals surface area contributed by atoms with E-state index in [2.05, 4.69) is 10.3 Å². The van der Waals surface area contributed by atoms with Crippen molar-refractivity contribution in [2.24, 2.45) is 0 Å². The zero-order chi connectivity index (χ0) is 14.8. The Labute approximate surface area is 123 Å². The van der Waals surface area contributed by atoms with Crippen molar-refractivity contribution in [2.75, 3.05) is 31.6 Å². The van der Waals surface area contributed by atoms with E-state index in [0.717, 1.165) is 6.42 Å². The first-order chi connectivity index (χ1) is 9.67. The van der Waals surface area contributed by atoms with Crippen LogP contribution in [0, 0.1) is 0 Å². The highest BCUT2D eigenvalue weighted by molar-refractivity contribution is 7.13. The highest BCUT2D eigenvalue weighted by Crippen LogP contribution is 2.10. The second-order valence-corrected chi connectivity index (χ2v) is 5.00. The fourth-order valence-electron chi connectivity index (χ4n) is 1.63. The Morgan fingerprint density at radius 2 is 2.25 bits per heavy atom. The number of anilines is 1. The molecule has 112 valence electrons. The van der Waals surface area contributed by atoms with Gasteiger partial charge in [0.25, 0.3) is 0 Å². The van der Waals surface area contributed by atoms with Crippen LogP contribution in [0.25, 0.3) is 0 Å². The third-order valence-electron chi connectivity index (χ3n) is 2.59. The van der Waals surface area contributed by atoms with Crippen molar-refractivity contribution in [3.63, 3.8) is 0 Å². The largest absolute Gasteiger partial charge is 0.382 e. The molecule has 0 unspecified atom stereocenters. The molecule has 0 aliphatic carbocycles. The fraction of sp³-hybridized carbons (Fsp3) is 0.615. The molecule has 0 atom stereocenters. The molecule has 0 aliphatic heterocycles. The van der Waals surface area contributed by atoms with E-state index in [0.29, 0.717) is 31.3 Å². The summed E-state index contributed by atoms with van der Waals surface area (Å²) in [5.74, 6) is -0.256. The van der Waals surface area contributed by atoms with Gasteiger partial charge in [-0.25, -0.2) is 4.98 Å². The summed E-state index contributed by atoms with van der Waals surface area (Å²) in [6.07, 6.45) is 2.74. The van der Waals surface area contributed by atoms with Gasteiger partial charge in [0.1, 0.15) is 0 Å². The third-order valence-corrected chi connectivity index (χ3v) is 3.28. The quantitative estimate of drug-likeness (QED) is 0.705. The van der Waals surface area contributed by atoms with Crippen molar-refractivity contribution < 1.29 is 14.3 Å². The van der Waals surface area contributed by atoms with Crippen LogP contribution >= 0.6 is 11.3 Å². The molecule has 1 N–H and O–H groups in total. The van der Waals surface area contributed by atoms with Gasteiger partial charge in [0.2, 0.25) is 11.8 Å². The van der Waals surface area contributed by atoms with Crippen LogP contribution in [0.4, 0.5) is 5.13 Å². The van der Waals surface area contributed by atoms with Crippen molar-refractivity contribution in [1.82, 2.24) is 9.88 Å². The Morgan fingerprint density at radius 3 is 2.85 bits per heavy atom. The van der Waals surface area contributed by atoms with Crippen molar-refractivity contribution >= 4 is 28.3 Å². The summed E-state index contributed by atoms with van der Waals surface area (Å²) in [7, 11) is 0. The number of carbonyl (C=O) groups excluding carboxylic acids is 2. The smallest absolute Gasteiger partial charge is 0.245 e. The van der Waals surface area contributed by atoms with E-state index >= 15 is 0 Å². The van der Waals surface area contributed by atoms with Crippen LogP contribution in [0.5, 0.6) is 0 Å². The Kier molecular flexibility index (Phi) is 7.82. The van der Waals surface area contributed by atoms with Gasteiger partial charge in [-0.3, -0.25) is 9.59 Å². The monoisotopic (exact) mass is 299 g/mol. The number of thiazole rings is 1. The third kappa shape index (κ3) is 6.12. The lowest BCUT2D eigenvalue weighted by molar-refractivity contribution is -0.134. The van der Waals surface area contributed by atoms with Crippen LogP contribution in [0.15, 0.2) is 11.6 Å². The van der Waals surface area contributed by atoms with E-state index in [1.165, 1.54) is 11.3 Å². The summed E-state index contributed by atoms with van der Waals surface area (Å²) >= 11 is 1.35. The van der Waals surface area contributed by atoms with Crippen molar-refractivity contribution in [3.05, 3.63) is 11.6 Å². The first-order valence-electron chi connectivity index (χ1n) is 6.72. The Hall–Kier alpha value is -1.47. The van der Waals surface area contributed by atoms with Gasteiger partial charge in [-0.15, -0.1) is 11.3 Å². The maximum atomic E-state index is 11.9. The minimum absolute atomic E-state index is 0.0317. The number of nitrogens with zero attached hydrogens (tertiary/aromatic N) is 2. The summed E-state index contributed by atoms with van der Waals surface area (Å²) in [5, 5.41) is 5.01. The van der Waals surface area contributed by atoms with E-state index in [4.69, 9.17) is 4.74 Å². The van der Waals surface area contributed by atoms with Gasteiger partial charge in [-0.1, -0.05) is 6.92 Å². The van der Waals surface area contributed by atoms with Crippen molar-refractivity contribution in [3.8, 4) is 0 Å². The SMILES string of the molecule is CCOCCCN(CC(=O)Nc1nccs1)C(=O)CC. The molecule has 1 aromatic heterocycles. The van der Waals surface area contributed by atoms with Gasteiger partial charge in [-0.05, 0) is 13.3 Å². The molecule has 0 saturated heterocycles. The standard InChI is InChI=1S/C13H21N3O3S/c1-3-12(18)16(7-5-8-19-4-2)10-11(17)15-13-14-6-9-20-13/h6,9H,3-5,7-8,10H2,1-2H3,(H,14,15,17). The molecule has 0 saturated carbocycles. The molecule has 0 bridgehead atoms. The summed E-state index contributed by atoms with van der Waals surface area (Å²) in [6.45, 7) is 5.55. The van der Waals surface area contributed by atoms with Crippen molar-refractivity contribution in [2.45, 2.75) is 26.7 Å². The molecule has 0 aromatic carbocycles. The van der Waals surface area contributed by atoms with Crippen LogP contribution in [0.2, 0.25) is 0 Å². The second-order valence-electron chi connectivity index (χ2n) is 4.10. The number of hydrogen-bond acceptors (Lipinski definition) is 5. The van der Waals surface area contributed by atoms with E-state index < -0.39 is 0 Å². The maximum Gasteiger partial charge on any atom is 0.245 e. The van der Waals surface area contributed by atoms with E-state index in [-0.39, 0.29) is 18.4 Å². The van der Waals surface area contributed by atoms with Gasteiger partial charge in [-0.2, -0.15) is 0 Å². The normalized spacial score (nSPS) is 10.3. The first kappa shape index (κ1) is 16.6. The van der Waals surface area contributed by atoms with Gasteiger partial charge >= 0.3 is 0 Å². The molecule has 2 amide bonds. The number of carbonyl (C=O) groups is 2. The molecule has 1 rings (SSSR count). The van der Waals surface area contributed by atoms with Crippen LogP contribution in [0.3, 0.4) is 0 Å². The Balaban J connectivity index is 2.42. The highest BCUT2D eigenvalue weighted by atomic mass is 32.1. The average Bonchev–Trinajstić information content (AvgIpc) is 2.94.